The maximum Gasteiger partial charge on any atom is 0.141 e. The quantitative estimate of drug-likeness (QED) is 0.352. The van der Waals surface area contributed by atoms with Gasteiger partial charge in [0.15, 0.2) is 0 Å². The van der Waals surface area contributed by atoms with Crippen LogP contribution < -0.4 is 0 Å². The second kappa shape index (κ2) is 7.72. The first kappa shape index (κ1) is 19.1. The number of aryl methyl sites for hydroxylation is 2. The zero-order valence-electron chi connectivity index (χ0n) is 17.6. The number of fused-ring (bicyclic) bond motifs is 1. The minimum atomic E-state index is 0.673. The molecule has 0 fully saturated rings. The summed E-state index contributed by atoms with van der Waals surface area (Å²) in [6, 6.07) is 12.6. The Hall–Kier alpha value is -3.93. The number of benzene rings is 1. The highest BCUT2D eigenvalue weighted by atomic mass is 16.5. The highest BCUT2D eigenvalue weighted by molar-refractivity contribution is 5.94. The molecule has 0 aliphatic rings. The maximum absolute atomic E-state index is 5.38. The number of pyridine rings is 1. The van der Waals surface area contributed by atoms with Gasteiger partial charge in [-0.05, 0) is 25.5 Å². The lowest BCUT2D eigenvalue weighted by Gasteiger charge is -2.07. The van der Waals surface area contributed by atoms with Crippen LogP contribution in [0.5, 0.6) is 0 Å². The van der Waals surface area contributed by atoms with Crippen LogP contribution in [0.3, 0.4) is 0 Å². The number of allylic oxidation sites excluding steroid dienone is 1. The SMILES string of the molecule is C=CCn1cc(-c2cn(Cc3ccccc3)c3cc(-c4c(C)noc4C)cnc23)cn1. The summed E-state index contributed by atoms with van der Waals surface area (Å²) in [6.07, 6.45) is 9.82. The van der Waals surface area contributed by atoms with Crippen molar-refractivity contribution in [3.63, 3.8) is 0 Å². The van der Waals surface area contributed by atoms with E-state index in [-0.39, 0.29) is 0 Å². The first-order valence-electron chi connectivity index (χ1n) is 10.2. The van der Waals surface area contributed by atoms with E-state index in [4.69, 9.17) is 9.51 Å². The molecule has 6 heteroatoms. The molecule has 0 unspecified atom stereocenters. The van der Waals surface area contributed by atoms with E-state index in [1.54, 1.807) is 0 Å². The van der Waals surface area contributed by atoms with Gasteiger partial charge in [-0.2, -0.15) is 5.10 Å². The molecular formula is C25H23N5O. The molecule has 0 saturated heterocycles. The Morgan fingerprint density at radius 3 is 2.65 bits per heavy atom. The summed E-state index contributed by atoms with van der Waals surface area (Å²) in [5, 5.41) is 8.56. The summed E-state index contributed by atoms with van der Waals surface area (Å²) < 4.78 is 9.51. The van der Waals surface area contributed by atoms with E-state index in [2.05, 4.69) is 57.9 Å². The lowest BCUT2D eigenvalue weighted by Crippen LogP contribution is -1.98. The molecule has 154 valence electrons. The fraction of sp³-hybridized carbons (Fsp3) is 0.160. The summed E-state index contributed by atoms with van der Waals surface area (Å²) in [6.45, 7) is 9.11. The molecule has 1 aromatic carbocycles. The van der Waals surface area contributed by atoms with Crippen LogP contribution in [-0.4, -0.2) is 24.5 Å². The van der Waals surface area contributed by atoms with Gasteiger partial charge in [-0.3, -0.25) is 9.67 Å². The van der Waals surface area contributed by atoms with Crippen molar-refractivity contribution in [2.75, 3.05) is 0 Å². The average Bonchev–Trinajstić information content (AvgIpc) is 3.47. The maximum atomic E-state index is 5.38. The third-order valence-electron chi connectivity index (χ3n) is 5.50. The number of aromatic nitrogens is 5. The van der Waals surface area contributed by atoms with E-state index < -0.39 is 0 Å². The van der Waals surface area contributed by atoms with Crippen molar-refractivity contribution in [3.05, 3.63) is 90.9 Å². The van der Waals surface area contributed by atoms with Crippen LogP contribution in [-0.2, 0) is 13.1 Å². The summed E-state index contributed by atoms with van der Waals surface area (Å²) in [5.74, 6) is 0.797. The van der Waals surface area contributed by atoms with Crippen LogP contribution in [0.25, 0.3) is 33.3 Å². The largest absolute Gasteiger partial charge is 0.361 e. The summed E-state index contributed by atoms with van der Waals surface area (Å²) in [4.78, 5) is 4.87. The van der Waals surface area contributed by atoms with Crippen LogP contribution in [0.1, 0.15) is 17.0 Å². The molecule has 0 N–H and O–H groups in total. The smallest absolute Gasteiger partial charge is 0.141 e. The van der Waals surface area contributed by atoms with Gasteiger partial charge in [-0.25, -0.2) is 0 Å². The zero-order valence-corrected chi connectivity index (χ0v) is 17.6. The second-order valence-electron chi connectivity index (χ2n) is 7.69. The fourth-order valence-corrected chi connectivity index (χ4v) is 4.05. The summed E-state index contributed by atoms with van der Waals surface area (Å²) in [7, 11) is 0. The fourth-order valence-electron chi connectivity index (χ4n) is 4.05. The molecule has 0 amide bonds. The molecule has 0 aliphatic heterocycles. The molecule has 31 heavy (non-hydrogen) atoms. The van der Waals surface area contributed by atoms with Crippen molar-refractivity contribution >= 4 is 11.0 Å². The topological polar surface area (TPSA) is 61.7 Å². The predicted octanol–water partition coefficient (Wildman–Crippen LogP) is 5.41. The predicted molar refractivity (Wildman–Crippen MR) is 122 cm³/mol. The Labute approximate surface area is 180 Å². The Bertz CT molecular complexity index is 1350. The highest BCUT2D eigenvalue weighted by Crippen LogP contribution is 2.34. The monoisotopic (exact) mass is 409 g/mol. The summed E-state index contributed by atoms with van der Waals surface area (Å²) in [5.41, 5.74) is 8.22. The van der Waals surface area contributed by atoms with Gasteiger partial charge in [0.05, 0.1) is 29.5 Å². The average molecular weight is 409 g/mol. The number of hydrogen-bond acceptors (Lipinski definition) is 4. The first-order valence-corrected chi connectivity index (χ1v) is 10.2. The minimum Gasteiger partial charge on any atom is -0.361 e. The van der Waals surface area contributed by atoms with Gasteiger partial charge < -0.3 is 9.09 Å². The van der Waals surface area contributed by atoms with Crippen molar-refractivity contribution in [1.82, 2.24) is 24.5 Å². The molecule has 5 aromatic rings. The third-order valence-corrected chi connectivity index (χ3v) is 5.50. The van der Waals surface area contributed by atoms with Crippen LogP contribution in [0.4, 0.5) is 0 Å². The normalized spacial score (nSPS) is 11.3. The third kappa shape index (κ3) is 3.46. The van der Waals surface area contributed by atoms with Gasteiger partial charge in [0.2, 0.25) is 0 Å². The first-order chi connectivity index (χ1) is 15.1. The van der Waals surface area contributed by atoms with Crippen molar-refractivity contribution in [2.45, 2.75) is 26.9 Å². The standard InChI is InChI=1S/C25H23N5O/c1-4-10-30-15-21(13-27-30)22-16-29(14-19-8-6-5-7-9-19)23-11-20(12-26-25(22)23)24-17(2)28-31-18(24)3/h4-9,11-13,15-16H,1,10,14H2,2-3H3. The molecule has 0 bridgehead atoms. The van der Waals surface area contributed by atoms with Gasteiger partial charge in [0, 0.05) is 47.4 Å². The lowest BCUT2D eigenvalue weighted by molar-refractivity contribution is 0.393. The van der Waals surface area contributed by atoms with Gasteiger partial charge in [0.25, 0.3) is 0 Å². The van der Waals surface area contributed by atoms with E-state index in [1.807, 2.05) is 49.3 Å². The van der Waals surface area contributed by atoms with Gasteiger partial charge >= 0.3 is 0 Å². The molecular weight excluding hydrogens is 386 g/mol. The van der Waals surface area contributed by atoms with Crippen LogP contribution in [0.15, 0.2) is 78.4 Å². The molecule has 0 atom stereocenters. The van der Waals surface area contributed by atoms with Gasteiger partial charge in [-0.1, -0.05) is 41.6 Å². The van der Waals surface area contributed by atoms with E-state index in [1.165, 1.54) is 5.56 Å². The number of rotatable bonds is 6. The van der Waals surface area contributed by atoms with Crippen LogP contribution in [0, 0.1) is 13.8 Å². The van der Waals surface area contributed by atoms with E-state index >= 15 is 0 Å². The molecule has 4 heterocycles. The zero-order chi connectivity index (χ0) is 21.4. The Kier molecular flexibility index (Phi) is 4.75. The Balaban J connectivity index is 1.68. The Morgan fingerprint density at radius 1 is 1.06 bits per heavy atom. The lowest BCUT2D eigenvalue weighted by atomic mass is 10.1. The van der Waals surface area contributed by atoms with Crippen molar-refractivity contribution < 1.29 is 4.52 Å². The van der Waals surface area contributed by atoms with E-state index in [0.29, 0.717) is 6.54 Å². The second-order valence-corrected chi connectivity index (χ2v) is 7.69. The van der Waals surface area contributed by atoms with Crippen molar-refractivity contribution in [1.29, 1.82) is 0 Å². The summed E-state index contributed by atoms with van der Waals surface area (Å²) >= 11 is 0. The van der Waals surface area contributed by atoms with Gasteiger partial charge in [0.1, 0.15) is 5.76 Å². The molecule has 0 spiro atoms. The van der Waals surface area contributed by atoms with Crippen molar-refractivity contribution in [2.24, 2.45) is 0 Å². The molecule has 0 radical (unpaired) electrons. The van der Waals surface area contributed by atoms with E-state index in [9.17, 15) is 0 Å². The van der Waals surface area contributed by atoms with Crippen LogP contribution in [0.2, 0.25) is 0 Å². The molecule has 6 nitrogen and oxygen atoms in total. The number of hydrogen-bond donors (Lipinski definition) is 0. The highest BCUT2D eigenvalue weighted by Gasteiger charge is 2.17. The van der Waals surface area contributed by atoms with E-state index in [0.717, 1.165) is 51.3 Å². The van der Waals surface area contributed by atoms with Crippen LogP contribution >= 0.6 is 0 Å². The van der Waals surface area contributed by atoms with Crippen molar-refractivity contribution in [3.8, 4) is 22.3 Å². The molecule has 4 aromatic heterocycles. The molecule has 5 rings (SSSR count). The molecule has 0 aliphatic carbocycles. The Morgan fingerprint density at radius 2 is 1.90 bits per heavy atom. The molecule has 0 saturated carbocycles. The number of nitrogens with zero attached hydrogens (tertiary/aromatic N) is 5. The van der Waals surface area contributed by atoms with Gasteiger partial charge in [-0.15, -0.1) is 6.58 Å². The minimum absolute atomic E-state index is 0.673.